The zero-order chi connectivity index (χ0) is 17.1. The molecule has 3 aromatic rings. The van der Waals surface area contributed by atoms with Crippen molar-refractivity contribution in [1.82, 2.24) is 19.7 Å². The van der Waals surface area contributed by atoms with Gasteiger partial charge in [-0.15, -0.1) is 12.4 Å². The number of para-hydroxylation sites is 1. The molecule has 0 unspecified atom stereocenters. The van der Waals surface area contributed by atoms with Crippen LogP contribution in [0.4, 0.5) is 5.69 Å². The second-order valence-corrected chi connectivity index (χ2v) is 6.22. The number of aryl methyl sites for hydroxylation is 2. The number of rotatable bonds is 7. The summed E-state index contributed by atoms with van der Waals surface area (Å²) in [7, 11) is 1.96. The van der Waals surface area contributed by atoms with E-state index in [2.05, 4.69) is 54.3 Å². The molecule has 0 radical (unpaired) electrons. The molecule has 0 aliphatic carbocycles. The highest BCUT2D eigenvalue weighted by atomic mass is 35.5. The topological polar surface area (TPSA) is 46.0 Å². The van der Waals surface area contributed by atoms with Crippen LogP contribution >= 0.6 is 12.4 Å². The van der Waals surface area contributed by atoms with Gasteiger partial charge in [-0.2, -0.15) is 5.10 Å². The molecule has 0 fully saturated rings. The lowest BCUT2D eigenvalue weighted by Gasteiger charge is -2.18. The zero-order valence-electron chi connectivity index (χ0n) is 15.5. The minimum absolute atomic E-state index is 0. The second kappa shape index (κ2) is 8.50. The van der Waals surface area contributed by atoms with Gasteiger partial charge in [0.05, 0.1) is 22.3 Å². The van der Waals surface area contributed by atoms with Crippen LogP contribution in [0, 0.1) is 6.92 Å². The highest BCUT2D eigenvalue weighted by Gasteiger charge is 2.15. The Balaban J connectivity index is 0.00000225. The van der Waals surface area contributed by atoms with Gasteiger partial charge in [0.15, 0.2) is 5.65 Å². The van der Waals surface area contributed by atoms with E-state index in [9.17, 15) is 0 Å². The Hall–Kier alpha value is -1.85. The highest BCUT2D eigenvalue weighted by Crippen LogP contribution is 2.32. The number of pyridine rings is 1. The lowest BCUT2D eigenvalue weighted by atomic mass is 10.1. The minimum Gasteiger partial charge on any atom is -0.384 e. The van der Waals surface area contributed by atoms with Gasteiger partial charge < -0.3 is 10.2 Å². The van der Waals surface area contributed by atoms with Crippen LogP contribution in [-0.2, 0) is 7.05 Å². The third-order valence-corrected chi connectivity index (χ3v) is 4.69. The van der Waals surface area contributed by atoms with Crippen LogP contribution in [0.25, 0.3) is 21.9 Å². The maximum Gasteiger partial charge on any atom is 0.160 e. The molecule has 0 aliphatic rings. The number of anilines is 1. The Morgan fingerprint density at radius 2 is 1.88 bits per heavy atom. The molecule has 0 saturated carbocycles. The molecule has 5 nitrogen and oxygen atoms in total. The number of hydrogen-bond acceptors (Lipinski definition) is 4. The molecule has 0 bridgehead atoms. The van der Waals surface area contributed by atoms with Gasteiger partial charge in [0.25, 0.3) is 0 Å². The Bertz CT molecular complexity index is 839. The zero-order valence-corrected chi connectivity index (χ0v) is 16.4. The van der Waals surface area contributed by atoms with E-state index in [0.29, 0.717) is 0 Å². The molecule has 0 amide bonds. The maximum absolute atomic E-state index is 4.79. The molecule has 3 rings (SSSR count). The number of aromatic nitrogens is 3. The molecule has 0 atom stereocenters. The fourth-order valence-corrected chi connectivity index (χ4v) is 3.34. The van der Waals surface area contributed by atoms with Crippen LogP contribution < -0.4 is 5.32 Å². The first-order valence-electron chi connectivity index (χ1n) is 8.84. The molecular formula is C19H28ClN5. The Labute approximate surface area is 155 Å². The van der Waals surface area contributed by atoms with E-state index in [4.69, 9.17) is 4.98 Å². The molecule has 25 heavy (non-hydrogen) atoms. The number of nitrogens with one attached hydrogen (secondary N) is 1. The van der Waals surface area contributed by atoms with Crippen LogP contribution in [-0.4, -0.2) is 45.8 Å². The molecule has 6 heteroatoms. The predicted octanol–water partition coefficient (Wildman–Crippen LogP) is 4.00. The van der Waals surface area contributed by atoms with E-state index in [-0.39, 0.29) is 12.4 Å². The van der Waals surface area contributed by atoms with Crippen molar-refractivity contribution in [3.8, 4) is 0 Å². The smallest absolute Gasteiger partial charge is 0.160 e. The number of benzene rings is 1. The fraction of sp³-hybridized carbons (Fsp3) is 0.474. The second-order valence-electron chi connectivity index (χ2n) is 6.22. The lowest BCUT2D eigenvalue weighted by Crippen LogP contribution is -2.25. The molecule has 1 N–H and O–H groups in total. The molecule has 136 valence electrons. The van der Waals surface area contributed by atoms with Gasteiger partial charge in [-0.05, 0) is 39.0 Å². The van der Waals surface area contributed by atoms with Crippen molar-refractivity contribution in [3.63, 3.8) is 0 Å². The standard InChI is InChI=1S/C19H27N5.ClH/c1-5-24(6-2)13-9-12-20-18-15-10-7-8-11-16(15)21-19-17(18)14(3)22-23(19)4;/h7-8,10-11H,5-6,9,12-13H2,1-4H3,(H,20,21);1H. The molecule has 0 spiro atoms. The fourth-order valence-electron chi connectivity index (χ4n) is 3.34. The number of nitrogens with zero attached hydrogens (tertiary/aromatic N) is 4. The third-order valence-electron chi connectivity index (χ3n) is 4.69. The molecule has 0 aliphatic heterocycles. The van der Waals surface area contributed by atoms with Crippen molar-refractivity contribution in [2.24, 2.45) is 7.05 Å². The van der Waals surface area contributed by atoms with Gasteiger partial charge in [0.1, 0.15) is 0 Å². The van der Waals surface area contributed by atoms with E-state index < -0.39 is 0 Å². The maximum atomic E-state index is 4.79. The van der Waals surface area contributed by atoms with E-state index in [1.54, 1.807) is 0 Å². The van der Waals surface area contributed by atoms with Gasteiger partial charge in [0.2, 0.25) is 0 Å². The van der Waals surface area contributed by atoms with Crippen molar-refractivity contribution in [2.75, 3.05) is 31.5 Å². The van der Waals surface area contributed by atoms with Crippen molar-refractivity contribution in [3.05, 3.63) is 30.0 Å². The summed E-state index contributed by atoms with van der Waals surface area (Å²) < 4.78 is 1.87. The van der Waals surface area contributed by atoms with Crippen molar-refractivity contribution in [2.45, 2.75) is 27.2 Å². The Kier molecular flexibility index (Phi) is 6.62. The van der Waals surface area contributed by atoms with Gasteiger partial charge in [-0.25, -0.2) is 4.98 Å². The molecule has 2 aromatic heterocycles. The summed E-state index contributed by atoms with van der Waals surface area (Å²) >= 11 is 0. The van der Waals surface area contributed by atoms with Crippen LogP contribution in [0.1, 0.15) is 26.0 Å². The minimum atomic E-state index is 0. The quantitative estimate of drug-likeness (QED) is 0.646. The van der Waals surface area contributed by atoms with Crippen LogP contribution in [0.5, 0.6) is 0 Å². The van der Waals surface area contributed by atoms with Gasteiger partial charge in [-0.1, -0.05) is 32.0 Å². The van der Waals surface area contributed by atoms with Crippen LogP contribution in [0.2, 0.25) is 0 Å². The molecular weight excluding hydrogens is 334 g/mol. The Morgan fingerprint density at radius 1 is 1.16 bits per heavy atom. The first kappa shape index (κ1) is 19.5. The third kappa shape index (κ3) is 3.88. The van der Waals surface area contributed by atoms with Gasteiger partial charge in [0, 0.05) is 19.0 Å². The van der Waals surface area contributed by atoms with E-state index in [0.717, 1.165) is 54.8 Å². The van der Waals surface area contributed by atoms with Gasteiger partial charge >= 0.3 is 0 Å². The van der Waals surface area contributed by atoms with Crippen LogP contribution in [0.3, 0.4) is 0 Å². The van der Waals surface area contributed by atoms with E-state index >= 15 is 0 Å². The van der Waals surface area contributed by atoms with Crippen molar-refractivity contribution >= 4 is 40.0 Å². The predicted molar refractivity (Wildman–Crippen MR) is 109 cm³/mol. The largest absolute Gasteiger partial charge is 0.384 e. The normalized spacial score (nSPS) is 11.2. The summed E-state index contributed by atoms with van der Waals surface area (Å²) in [4.78, 5) is 7.25. The first-order chi connectivity index (χ1) is 11.7. The summed E-state index contributed by atoms with van der Waals surface area (Å²) in [5.74, 6) is 0. The molecule has 1 aromatic carbocycles. The number of hydrogen-bond donors (Lipinski definition) is 1. The summed E-state index contributed by atoms with van der Waals surface area (Å²) in [5.41, 5.74) is 4.15. The van der Waals surface area contributed by atoms with Crippen LogP contribution in [0.15, 0.2) is 24.3 Å². The highest BCUT2D eigenvalue weighted by molar-refractivity contribution is 6.07. The van der Waals surface area contributed by atoms with E-state index in [1.807, 2.05) is 17.8 Å². The first-order valence-corrected chi connectivity index (χ1v) is 8.84. The number of fused-ring (bicyclic) bond motifs is 2. The lowest BCUT2D eigenvalue weighted by molar-refractivity contribution is 0.303. The van der Waals surface area contributed by atoms with Crippen molar-refractivity contribution in [1.29, 1.82) is 0 Å². The number of halogens is 1. The summed E-state index contributed by atoms with van der Waals surface area (Å²) in [6.07, 6.45) is 1.12. The molecule has 0 saturated heterocycles. The van der Waals surface area contributed by atoms with Crippen molar-refractivity contribution < 1.29 is 0 Å². The monoisotopic (exact) mass is 361 g/mol. The summed E-state index contributed by atoms with van der Waals surface area (Å²) in [6.45, 7) is 10.8. The van der Waals surface area contributed by atoms with E-state index in [1.165, 1.54) is 11.1 Å². The Morgan fingerprint density at radius 3 is 2.60 bits per heavy atom. The SMILES string of the molecule is CCN(CC)CCCNc1c2ccccc2nc2c1c(C)nn2C.Cl. The average molecular weight is 362 g/mol. The summed E-state index contributed by atoms with van der Waals surface area (Å²) in [5, 5.41) is 10.5. The average Bonchev–Trinajstić information content (AvgIpc) is 2.88. The van der Waals surface area contributed by atoms with Gasteiger partial charge in [-0.3, -0.25) is 4.68 Å². The summed E-state index contributed by atoms with van der Waals surface area (Å²) in [6, 6.07) is 8.32. The molecule has 2 heterocycles.